The van der Waals surface area contributed by atoms with Crippen LogP contribution in [0.15, 0.2) is 53.4 Å². The average molecular weight is 457 g/mol. The minimum Gasteiger partial charge on any atom is -0.481 e. The predicted octanol–water partition coefficient (Wildman–Crippen LogP) is 3.95. The molecule has 7 nitrogen and oxygen atoms in total. The van der Waals surface area contributed by atoms with Crippen molar-refractivity contribution in [1.82, 2.24) is 9.71 Å². The van der Waals surface area contributed by atoms with Crippen molar-refractivity contribution in [3.63, 3.8) is 0 Å². The summed E-state index contributed by atoms with van der Waals surface area (Å²) in [6, 6.07) is 15.1. The van der Waals surface area contributed by atoms with Crippen molar-refractivity contribution in [3.8, 4) is 11.3 Å². The number of methoxy groups -OCH3 is 1. The molecule has 32 heavy (non-hydrogen) atoms. The Hall–Kier alpha value is -2.68. The minimum absolute atomic E-state index is 0.202. The standard InChI is InChI=1S/C24H28N2O5S/c1-31-13-12-16-2-4-17(5-3-16)22-14-19-8-11-21(15-23(19)25-22)32(29,30)26-20-9-6-18(7-10-20)24(27)28/h2-5,8,11,14-15,18,20,25-26H,6-7,9-10,12-13H2,1H3,(H,27,28). The van der Waals surface area contributed by atoms with Crippen LogP contribution < -0.4 is 4.72 Å². The van der Waals surface area contributed by atoms with Crippen LogP contribution in [0.3, 0.4) is 0 Å². The van der Waals surface area contributed by atoms with Gasteiger partial charge >= 0.3 is 5.97 Å². The third-order valence-corrected chi connectivity index (χ3v) is 7.68. The van der Waals surface area contributed by atoms with E-state index in [0.717, 1.165) is 28.6 Å². The molecule has 0 aliphatic heterocycles. The lowest BCUT2D eigenvalue weighted by molar-refractivity contribution is -0.142. The summed E-state index contributed by atoms with van der Waals surface area (Å²) in [6.45, 7) is 0.679. The molecular weight excluding hydrogens is 428 g/mol. The number of sulfonamides is 1. The highest BCUT2D eigenvalue weighted by Crippen LogP contribution is 2.28. The lowest BCUT2D eigenvalue weighted by atomic mass is 9.87. The average Bonchev–Trinajstić information content (AvgIpc) is 3.21. The smallest absolute Gasteiger partial charge is 0.306 e. The normalized spacial score (nSPS) is 19.3. The molecule has 0 unspecified atom stereocenters. The van der Waals surface area contributed by atoms with Crippen molar-refractivity contribution >= 4 is 26.9 Å². The molecule has 0 radical (unpaired) electrons. The van der Waals surface area contributed by atoms with Gasteiger partial charge in [0.15, 0.2) is 0 Å². The summed E-state index contributed by atoms with van der Waals surface area (Å²) < 4.78 is 33.7. The second-order valence-electron chi connectivity index (χ2n) is 8.38. The maximum Gasteiger partial charge on any atom is 0.306 e. The highest BCUT2D eigenvalue weighted by molar-refractivity contribution is 7.89. The van der Waals surface area contributed by atoms with Gasteiger partial charge in [0.05, 0.1) is 17.4 Å². The van der Waals surface area contributed by atoms with Crippen molar-refractivity contribution < 1.29 is 23.1 Å². The van der Waals surface area contributed by atoms with Crippen LogP contribution in [0.1, 0.15) is 31.2 Å². The zero-order valence-electron chi connectivity index (χ0n) is 18.0. The van der Waals surface area contributed by atoms with E-state index in [0.29, 0.717) is 32.3 Å². The minimum atomic E-state index is -3.69. The SMILES string of the molecule is COCCc1ccc(-c2cc3ccc(S(=O)(=O)NC4CCC(C(=O)O)CC4)cc3[nH]2)cc1. The fraction of sp³-hybridized carbons (Fsp3) is 0.375. The summed E-state index contributed by atoms with van der Waals surface area (Å²) >= 11 is 0. The lowest BCUT2D eigenvalue weighted by Crippen LogP contribution is -2.38. The zero-order valence-corrected chi connectivity index (χ0v) is 18.8. The summed E-state index contributed by atoms with van der Waals surface area (Å²) in [5, 5.41) is 10.1. The largest absolute Gasteiger partial charge is 0.481 e. The first-order valence-corrected chi connectivity index (χ1v) is 12.3. The van der Waals surface area contributed by atoms with Crippen LogP contribution in [-0.4, -0.2) is 44.2 Å². The van der Waals surface area contributed by atoms with Gasteiger partial charge in [-0.05, 0) is 61.4 Å². The number of rotatable bonds is 8. The van der Waals surface area contributed by atoms with E-state index in [1.54, 1.807) is 25.3 Å². The van der Waals surface area contributed by atoms with E-state index in [9.17, 15) is 13.2 Å². The van der Waals surface area contributed by atoms with E-state index < -0.39 is 16.0 Å². The third-order valence-electron chi connectivity index (χ3n) is 6.16. The fourth-order valence-electron chi connectivity index (χ4n) is 4.25. The molecule has 4 rings (SSSR count). The maximum atomic E-state index is 12.9. The Morgan fingerprint density at radius 1 is 1.09 bits per heavy atom. The van der Waals surface area contributed by atoms with Crippen LogP contribution in [0.4, 0.5) is 0 Å². The molecule has 0 bridgehead atoms. The van der Waals surface area contributed by atoms with Gasteiger partial charge in [-0.15, -0.1) is 0 Å². The number of hydrogen-bond acceptors (Lipinski definition) is 4. The van der Waals surface area contributed by atoms with E-state index in [1.165, 1.54) is 5.56 Å². The molecule has 0 amide bonds. The second kappa shape index (κ2) is 9.44. The second-order valence-corrected chi connectivity index (χ2v) is 10.1. The molecule has 1 saturated carbocycles. The number of carboxylic acid groups (broad SMARTS) is 1. The first-order valence-electron chi connectivity index (χ1n) is 10.8. The summed E-state index contributed by atoms with van der Waals surface area (Å²) in [5.41, 5.74) is 3.90. The molecule has 2 aromatic carbocycles. The number of fused-ring (bicyclic) bond motifs is 1. The van der Waals surface area contributed by atoms with Crippen LogP contribution >= 0.6 is 0 Å². The molecule has 3 aromatic rings. The van der Waals surface area contributed by atoms with Gasteiger partial charge < -0.3 is 14.8 Å². The monoisotopic (exact) mass is 456 g/mol. The van der Waals surface area contributed by atoms with Gasteiger partial charge in [0.25, 0.3) is 0 Å². The molecular formula is C24H28N2O5S. The summed E-state index contributed by atoms with van der Waals surface area (Å²) in [6.07, 6.45) is 2.91. The maximum absolute atomic E-state index is 12.9. The quantitative estimate of drug-likeness (QED) is 0.476. The zero-order chi connectivity index (χ0) is 22.7. The Balaban J connectivity index is 1.49. The van der Waals surface area contributed by atoms with Crippen molar-refractivity contribution in [3.05, 3.63) is 54.1 Å². The number of hydrogen-bond donors (Lipinski definition) is 3. The Morgan fingerprint density at radius 3 is 2.47 bits per heavy atom. The van der Waals surface area contributed by atoms with Gasteiger partial charge in [-0.2, -0.15) is 0 Å². The number of aliphatic carboxylic acids is 1. The number of benzene rings is 2. The van der Waals surface area contributed by atoms with Crippen molar-refractivity contribution in [2.24, 2.45) is 5.92 Å². The summed E-state index contributed by atoms with van der Waals surface area (Å²) in [4.78, 5) is 14.6. The molecule has 170 valence electrons. The molecule has 0 atom stereocenters. The molecule has 8 heteroatoms. The van der Waals surface area contributed by atoms with Crippen molar-refractivity contribution in [1.29, 1.82) is 0 Å². The molecule has 0 spiro atoms. The molecule has 1 heterocycles. The van der Waals surface area contributed by atoms with Gasteiger partial charge in [0, 0.05) is 29.7 Å². The number of ether oxygens (including phenoxy) is 1. The number of carbonyl (C=O) groups is 1. The Kier molecular flexibility index (Phi) is 6.64. The number of aromatic amines is 1. The predicted molar refractivity (Wildman–Crippen MR) is 123 cm³/mol. The van der Waals surface area contributed by atoms with E-state index in [2.05, 4.69) is 21.8 Å². The van der Waals surface area contributed by atoms with Crippen LogP contribution in [0, 0.1) is 5.92 Å². The Labute approximate surface area is 187 Å². The van der Waals surface area contributed by atoms with Crippen molar-refractivity contribution in [2.45, 2.75) is 43.0 Å². The first-order chi connectivity index (χ1) is 15.4. The molecule has 1 aliphatic rings. The van der Waals surface area contributed by atoms with Crippen LogP contribution in [0.2, 0.25) is 0 Å². The summed E-state index contributed by atoms with van der Waals surface area (Å²) in [7, 11) is -2.00. The molecule has 0 saturated heterocycles. The van der Waals surface area contributed by atoms with Crippen LogP contribution in [0.25, 0.3) is 22.2 Å². The van der Waals surface area contributed by atoms with Gasteiger partial charge in [-0.3, -0.25) is 4.79 Å². The molecule has 1 aromatic heterocycles. The third kappa shape index (κ3) is 5.03. The Bertz CT molecular complexity index is 1190. The molecule has 1 aliphatic carbocycles. The van der Waals surface area contributed by atoms with E-state index in [1.807, 2.05) is 18.2 Å². The van der Waals surface area contributed by atoms with Gasteiger partial charge in [-0.25, -0.2) is 13.1 Å². The molecule has 1 fully saturated rings. The summed E-state index contributed by atoms with van der Waals surface area (Å²) in [5.74, 6) is -1.18. The Morgan fingerprint density at radius 2 is 1.81 bits per heavy atom. The number of carboxylic acids is 1. The van der Waals surface area contributed by atoms with E-state index >= 15 is 0 Å². The lowest BCUT2D eigenvalue weighted by Gasteiger charge is -2.26. The van der Waals surface area contributed by atoms with Crippen molar-refractivity contribution in [2.75, 3.05) is 13.7 Å². The highest BCUT2D eigenvalue weighted by atomic mass is 32.2. The van der Waals surface area contributed by atoms with Crippen LogP contribution in [-0.2, 0) is 26.0 Å². The van der Waals surface area contributed by atoms with Gasteiger partial charge in [0.2, 0.25) is 10.0 Å². The number of nitrogens with one attached hydrogen (secondary N) is 2. The van der Waals surface area contributed by atoms with Gasteiger partial charge in [-0.1, -0.05) is 30.3 Å². The highest BCUT2D eigenvalue weighted by Gasteiger charge is 2.29. The number of H-pyrrole nitrogens is 1. The van der Waals surface area contributed by atoms with Crippen LogP contribution in [0.5, 0.6) is 0 Å². The topological polar surface area (TPSA) is 108 Å². The molecule has 3 N–H and O–H groups in total. The fourth-order valence-corrected chi connectivity index (χ4v) is 5.58. The van der Waals surface area contributed by atoms with Gasteiger partial charge in [0.1, 0.15) is 0 Å². The van der Waals surface area contributed by atoms with E-state index in [4.69, 9.17) is 9.84 Å². The number of aromatic nitrogens is 1. The van der Waals surface area contributed by atoms with E-state index in [-0.39, 0.29) is 16.9 Å². The first kappa shape index (κ1) is 22.5.